The van der Waals surface area contributed by atoms with Crippen LogP contribution in [0.2, 0.25) is 0 Å². The minimum atomic E-state index is -0.684. The molecule has 1 aromatic carbocycles. The van der Waals surface area contributed by atoms with Gasteiger partial charge in [-0.3, -0.25) is 9.59 Å². The Labute approximate surface area is 235 Å². The Morgan fingerprint density at radius 2 is 1.92 bits per heavy atom. The quantitative estimate of drug-likeness (QED) is 0.295. The highest BCUT2D eigenvalue weighted by molar-refractivity contribution is 7.15. The van der Waals surface area contributed by atoms with Gasteiger partial charge in [0.2, 0.25) is 11.8 Å². The predicted octanol–water partition coefficient (Wildman–Crippen LogP) is 4.79. The number of hydrogen-bond acceptors (Lipinski definition) is 7. The zero-order valence-electron chi connectivity index (χ0n) is 23.6. The maximum Gasteiger partial charge on any atom is 0.226 e. The van der Waals surface area contributed by atoms with Gasteiger partial charge in [0.1, 0.15) is 5.75 Å². The molecule has 0 radical (unpaired) electrons. The number of ether oxygens (including phenoxy) is 1. The second-order valence-corrected chi connectivity index (χ2v) is 12.8. The Kier molecular flexibility index (Phi) is 9.34. The molecule has 0 aliphatic heterocycles. The van der Waals surface area contributed by atoms with E-state index >= 15 is 0 Å². The fourth-order valence-electron chi connectivity index (χ4n) is 6.62. The number of aliphatic hydroxyl groups excluding tert-OH is 2. The summed E-state index contributed by atoms with van der Waals surface area (Å²) in [4.78, 5) is 31.8. The monoisotopic (exact) mass is 557 g/mol. The molecule has 4 N–H and O–H groups in total. The number of nitrogens with one attached hydrogen (secondary N) is 2. The van der Waals surface area contributed by atoms with Crippen molar-refractivity contribution in [3.63, 3.8) is 0 Å². The Balaban J connectivity index is 1.58. The van der Waals surface area contributed by atoms with E-state index in [2.05, 4.69) is 24.5 Å². The molecule has 8 nitrogen and oxygen atoms in total. The molecule has 0 saturated heterocycles. The SMILES string of the molecule is CCCCCC(=O)Nc1nc2c(s1)C[C@@H]1[C@](C)(CO)[C@H](O)CC[C@@]1(C)[C@@H]2CC(=O)NCc1ccc(OC)cc1. The van der Waals surface area contributed by atoms with Crippen LogP contribution >= 0.6 is 11.3 Å². The Morgan fingerprint density at radius 1 is 1.18 bits per heavy atom. The molecule has 4 rings (SSSR count). The molecule has 39 heavy (non-hydrogen) atoms. The molecule has 1 saturated carbocycles. The van der Waals surface area contributed by atoms with E-state index in [0.29, 0.717) is 30.9 Å². The number of carbonyl (C=O) groups excluding carboxylic acids is 2. The van der Waals surface area contributed by atoms with Gasteiger partial charge in [-0.15, -0.1) is 11.3 Å². The number of carbonyl (C=O) groups is 2. The zero-order chi connectivity index (χ0) is 28.2. The first-order valence-corrected chi connectivity index (χ1v) is 14.9. The number of aromatic nitrogens is 1. The van der Waals surface area contributed by atoms with Crippen LogP contribution in [0.1, 0.15) is 87.8 Å². The highest BCUT2D eigenvalue weighted by Gasteiger charge is 2.59. The molecule has 2 aliphatic rings. The van der Waals surface area contributed by atoms with Crippen LogP contribution in [-0.2, 0) is 22.6 Å². The number of methoxy groups -OCH3 is 1. The smallest absolute Gasteiger partial charge is 0.226 e. The largest absolute Gasteiger partial charge is 0.497 e. The molecule has 1 heterocycles. The van der Waals surface area contributed by atoms with E-state index < -0.39 is 11.5 Å². The Hall–Kier alpha value is -2.49. The maximum absolute atomic E-state index is 13.3. The molecule has 0 spiro atoms. The van der Waals surface area contributed by atoms with Crippen molar-refractivity contribution in [1.82, 2.24) is 10.3 Å². The van der Waals surface area contributed by atoms with Gasteiger partial charge in [0.15, 0.2) is 5.13 Å². The summed E-state index contributed by atoms with van der Waals surface area (Å²) in [6.07, 6.45) is 4.97. The zero-order valence-corrected chi connectivity index (χ0v) is 24.4. The molecule has 2 aromatic rings. The van der Waals surface area contributed by atoms with Gasteiger partial charge in [-0.1, -0.05) is 45.7 Å². The molecule has 214 valence electrons. The molecule has 0 unspecified atom stereocenters. The van der Waals surface area contributed by atoms with E-state index in [0.717, 1.165) is 47.6 Å². The molecule has 2 aliphatic carbocycles. The summed E-state index contributed by atoms with van der Waals surface area (Å²) in [5.74, 6) is 0.435. The van der Waals surface area contributed by atoms with Gasteiger partial charge in [0.25, 0.3) is 0 Å². The summed E-state index contributed by atoms with van der Waals surface area (Å²) >= 11 is 1.46. The fraction of sp³-hybridized carbons (Fsp3) is 0.633. The topological polar surface area (TPSA) is 121 Å². The predicted molar refractivity (Wildman–Crippen MR) is 153 cm³/mol. The van der Waals surface area contributed by atoms with Crippen molar-refractivity contribution in [2.75, 3.05) is 19.0 Å². The summed E-state index contributed by atoms with van der Waals surface area (Å²) < 4.78 is 5.22. The summed E-state index contributed by atoms with van der Waals surface area (Å²) in [5, 5.41) is 28.0. The van der Waals surface area contributed by atoms with E-state index in [9.17, 15) is 19.8 Å². The minimum Gasteiger partial charge on any atom is -0.497 e. The van der Waals surface area contributed by atoms with Crippen molar-refractivity contribution < 1.29 is 24.5 Å². The molecule has 0 bridgehead atoms. The van der Waals surface area contributed by atoms with E-state index in [4.69, 9.17) is 9.72 Å². The van der Waals surface area contributed by atoms with E-state index in [-0.39, 0.29) is 42.1 Å². The lowest BCUT2D eigenvalue weighted by atomic mass is 9.47. The van der Waals surface area contributed by atoms with Crippen molar-refractivity contribution in [2.45, 2.75) is 90.7 Å². The number of hydrogen-bond donors (Lipinski definition) is 4. The fourth-order valence-corrected chi connectivity index (χ4v) is 7.70. The maximum atomic E-state index is 13.3. The molecule has 2 amide bonds. The first-order chi connectivity index (χ1) is 18.6. The summed E-state index contributed by atoms with van der Waals surface area (Å²) in [5.41, 5.74) is 0.833. The number of nitrogens with zero attached hydrogens (tertiary/aromatic N) is 1. The molecule has 1 aromatic heterocycles. The lowest BCUT2D eigenvalue weighted by Crippen LogP contribution is -2.57. The van der Waals surface area contributed by atoms with Crippen LogP contribution in [0.15, 0.2) is 24.3 Å². The number of thiazole rings is 1. The van der Waals surface area contributed by atoms with Gasteiger partial charge >= 0.3 is 0 Å². The molecular formula is C30H43N3O5S. The number of unbranched alkanes of at least 4 members (excludes halogenated alkanes) is 2. The molecule has 9 heteroatoms. The first kappa shape index (κ1) is 29.5. The van der Waals surface area contributed by atoms with Crippen molar-refractivity contribution in [3.05, 3.63) is 40.4 Å². The standard InChI is InChI=1S/C30H43N3O5S/c1-5-6-7-8-25(36)32-28-33-27-21(15-26(37)31-17-19-9-11-20(38-4)12-10-19)29(2)14-13-24(35)30(3,18-34)23(29)16-22(27)39-28/h9-12,21,23-24,34-35H,5-8,13-18H2,1-4H3,(H,31,37)(H,32,33,36)/t21-,23+,24-,29+,30+/m1/s1. The summed E-state index contributed by atoms with van der Waals surface area (Å²) in [7, 11) is 1.62. The third-order valence-electron chi connectivity index (χ3n) is 9.19. The highest BCUT2D eigenvalue weighted by Crippen LogP contribution is 2.62. The number of benzene rings is 1. The summed E-state index contributed by atoms with van der Waals surface area (Å²) in [6.45, 7) is 6.54. The number of fused-ring (bicyclic) bond motifs is 2. The van der Waals surface area contributed by atoms with Gasteiger partial charge in [-0.25, -0.2) is 4.98 Å². The normalized spacial score (nSPS) is 27.8. The van der Waals surface area contributed by atoms with Crippen LogP contribution in [0.5, 0.6) is 5.75 Å². The van der Waals surface area contributed by atoms with Crippen LogP contribution in [0, 0.1) is 16.7 Å². The highest BCUT2D eigenvalue weighted by atomic mass is 32.1. The van der Waals surface area contributed by atoms with E-state index in [1.807, 2.05) is 31.2 Å². The number of aliphatic hydroxyl groups is 2. The lowest BCUT2D eigenvalue weighted by Gasteiger charge is -2.58. The second kappa shape index (κ2) is 12.4. The van der Waals surface area contributed by atoms with E-state index in [1.54, 1.807) is 7.11 Å². The van der Waals surface area contributed by atoms with Gasteiger partial charge in [-0.2, -0.15) is 0 Å². The van der Waals surface area contributed by atoms with Crippen LogP contribution < -0.4 is 15.4 Å². The second-order valence-electron chi connectivity index (χ2n) is 11.7. The van der Waals surface area contributed by atoms with Gasteiger partial charge in [-0.05, 0) is 54.7 Å². The van der Waals surface area contributed by atoms with Crippen LogP contribution in [0.25, 0.3) is 0 Å². The summed E-state index contributed by atoms with van der Waals surface area (Å²) in [6, 6.07) is 7.61. The van der Waals surface area contributed by atoms with E-state index in [1.165, 1.54) is 11.3 Å². The Bertz CT molecular complexity index is 1150. The van der Waals surface area contributed by atoms with Gasteiger partial charge in [0.05, 0.1) is 25.5 Å². The number of anilines is 1. The average Bonchev–Trinajstić information content (AvgIpc) is 3.33. The van der Waals surface area contributed by atoms with Crippen molar-refractivity contribution in [2.24, 2.45) is 16.7 Å². The van der Waals surface area contributed by atoms with Crippen LogP contribution in [0.3, 0.4) is 0 Å². The number of rotatable bonds is 11. The van der Waals surface area contributed by atoms with Gasteiger partial charge in [0, 0.05) is 35.6 Å². The first-order valence-electron chi connectivity index (χ1n) is 14.1. The minimum absolute atomic E-state index is 0.0285. The third-order valence-corrected chi connectivity index (χ3v) is 10.2. The Morgan fingerprint density at radius 3 is 2.59 bits per heavy atom. The van der Waals surface area contributed by atoms with Crippen molar-refractivity contribution in [1.29, 1.82) is 0 Å². The van der Waals surface area contributed by atoms with Gasteiger partial charge < -0.3 is 25.6 Å². The number of amides is 2. The average molecular weight is 558 g/mol. The lowest BCUT2D eigenvalue weighted by molar-refractivity contribution is -0.144. The van der Waals surface area contributed by atoms with Crippen molar-refractivity contribution in [3.8, 4) is 5.75 Å². The molecule has 1 fully saturated rings. The third kappa shape index (κ3) is 6.15. The van der Waals surface area contributed by atoms with Crippen LogP contribution in [0.4, 0.5) is 5.13 Å². The van der Waals surface area contributed by atoms with Crippen LogP contribution in [-0.4, -0.2) is 46.8 Å². The van der Waals surface area contributed by atoms with Crippen molar-refractivity contribution >= 4 is 28.3 Å². The molecule has 5 atom stereocenters. The molecular weight excluding hydrogens is 514 g/mol.